The summed E-state index contributed by atoms with van der Waals surface area (Å²) in [6.07, 6.45) is 1.54. The van der Waals surface area contributed by atoms with E-state index in [-0.39, 0.29) is 12.0 Å². The second-order valence-corrected chi connectivity index (χ2v) is 8.83. The zero-order valence-electron chi connectivity index (χ0n) is 18.2. The molecule has 2 aromatic carbocycles. The van der Waals surface area contributed by atoms with Crippen LogP contribution in [0.2, 0.25) is 0 Å². The molecule has 4 heterocycles. The lowest BCUT2D eigenvalue weighted by molar-refractivity contribution is -0.00937. The minimum atomic E-state index is -0.547. The van der Waals surface area contributed by atoms with E-state index in [1.165, 1.54) is 0 Å². The van der Waals surface area contributed by atoms with Crippen LogP contribution < -0.4 is 14.8 Å². The van der Waals surface area contributed by atoms with Gasteiger partial charge in [0.15, 0.2) is 5.60 Å². The fraction of sp³-hybridized carbons (Fsp3) is 0.308. The van der Waals surface area contributed by atoms with E-state index in [4.69, 9.17) is 9.47 Å². The number of rotatable bonds is 3. The van der Waals surface area contributed by atoms with Crippen LogP contribution in [0.3, 0.4) is 0 Å². The molecule has 3 aliphatic heterocycles. The van der Waals surface area contributed by atoms with Crippen LogP contribution in [-0.2, 0) is 5.60 Å². The maximum Gasteiger partial charge on any atom is 0.253 e. The summed E-state index contributed by atoms with van der Waals surface area (Å²) in [5.74, 6) is 1.58. The molecule has 3 aliphatic rings. The normalized spacial score (nSPS) is 18.5. The van der Waals surface area contributed by atoms with Gasteiger partial charge in [0.25, 0.3) is 5.91 Å². The smallest absolute Gasteiger partial charge is 0.253 e. The van der Waals surface area contributed by atoms with Crippen LogP contribution in [0, 0.1) is 11.3 Å². The zero-order chi connectivity index (χ0) is 22.4. The van der Waals surface area contributed by atoms with E-state index in [1.54, 1.807) is 0 Å². The lowest BCUT2D eigenvalue weighted by Crippen LogP contribution is -2.50. The Bertz CT molecular complexity index is 1250. The van der Waals surface area contributed by atoms with Gasteiger partial charge < -0.3 is 19.7 Å². The first kappa shape index (κ1) is 19.9. The SMILES string of the molecule is N#Cc1ccc2n1-c1ccccc1OC21CCN(C(=O)c2ccc(OC3CNC3)cc2)CC1. The van der Waals surface area contributed by atoms with Crippen molar-refractivity contribution < 1.29 is 14.3 Å². The van der Waals surface area contributed by atoms with Crippen LogP contribution in [0.4, 0.5) is 0 Å². The molecule has 0 radical (unpaired) electrons. The van der Waals surface area contributed by atoms with E-state index in [0.29, 0.717) is 37.2 Å². The van der Waals surface area contributed by atoms with Crippen molar-refractivity contribution >= 4 is 5.91 Å². The van der Waals surface area contributed by atoms with E-state index < -0.39 is 5.60 Å². The molecule has 1 N–H and O–H groups in total. The molecule has 7 heteroatoms. The van der Waals surface area contributed by atoms with Gasteiger partial charge in [-0.05, 0) is 48.5 Å². The third-order valence-electron chi connectivity index (χ3n) is 6.88. The molecule has 166 valence electrons. The molecule has 0 aliphatic carbocycles. The van der Waals surface area contributed by atoms with E-state index in [0.717, 1.165) is 36.0 Å². The van der Waals surface area contributed by atoms with Crippen molar-refractivity contribution in [1.82, 2.24) is 14.8 Å². The summed E-state index contributed by atoms with van der Waals surface area (Å²) >= 11 is 0. The highest BCUT2D eigenvalue weighted by atomic mass is 16.5. The lowest BCUT2D eigenvalue weighted by Gasteiger charge is -2.45. The Morgan fingerprint density at radius 2 is 1.82 bits per heavy atom. The first-order valence-electron chi connectivity index (χ1n) is 11.3. The Hall–Kier alpha value is -3.76. The number of carbonyl (C=O) groups is 1. The highest BCUT2D eigenvalue weighted by molar-refractivity contribution is 5.94. The van der Waals surface area contributed by atoms with Crippen LogP contribution in [0.5, 0.6) is 11.5 Å². The van der Waals surface area contributed by atoms with Crippen molar-refractivity contribution in [3.8, 4) is 23.3 Å². The molecule has 0 saturated carbocycles. The number of ether oxygens (including phenoxy) is 2. The minimum absolute atomic E-state index is 0.0195. The number of nitrogens with one attached hydrogen (secondary N) is 1. The van der Waals surface area contributed by atoms with Gasteiger partial charge >= 0.3 is 0 Å². The maximum atomic E-state index is 13.2. The summed E-state index contributed by atoms with van der Waals surface area (Å²) in [7, 11) is 0. The van der Waals surface area contributed by atoms with Crippen molar-refractivity contribution in [3.05, 3.63) is 77.6 Å². The average molecular weight is 441 g/mol. The molecule has 2 saturated heterocycles. The van der Waals surface area contributed by atoms with Gasteiger partial charge in [-0.25, -0.2) is 0 Å². The highest BCUT2D eigenvalue weighted by Gasteiger charge is 2.45. The Kier molecular flexibility index (Phi) is 4.63. The molecule has 33 heavy (non-hydrogen) atoms. The van der Waals surface area contributed by atoms with Gasteiger partial charge in [0.1, 0.15) is 29.4 Å². The quantitative estimate of drug-likeness (QED) is 0.677. The van der Waals surface area contributed by atoms with E-state index >= 15 is 0 Å². The molecule has 0 atom stereocenters. The van der Waals surface area contributed by atoms with Gasteiger partial charge in [-0.1, -0.05) is 12.1 Å². The number of nitriles is 1. The van der Waals surface area contributed by atoms with Gasteiger partial charge in [-0.15, -0.1) is 0 Å². The Morgan fingerprint density at radius 1 is 1.06 bits per heavy atom. The third kappa shape index (κ3) is 3.26. The molecule has 7 nitrogen and oxygen atoms in total. The average Bonchev–Trinajstić information content (AvgIpc) is 3.28. The van der Waals surface area contributed by atoms with Crippen molar-refractivity contribution in [2.75, 3.05) is 26.2 Å². The molecular formula is C26H24N4O3. The fourth-order valence-corrected chi connectivity index (χ4v) is 4.96. The molecule has 2 fully saturated rings. The number of para-hydroxylation sites is 2. The van der Waals surface area contributed by atoms with Crippen LogP contribution in [0.15, 0.2) is 60.7 Å². The Morgan fingerprint density at radius 3 is 2.52 bits per heavy atom. The van der Waals surface area contributed by atoms with Gasteiger partial charge in [0.2, 0.25) is 0 Å². The number of amides is 1. The monoisotopic (exact) mass is 440 g/mol. The minimum Gasteiger partial charge on any atom is -0.488 e. The fourth-order valence-electron chi connectivity index (χ4n) is 4.96. The second-order valence-electron chi connectivity index (χ2n) is 8.83. The summed E-state index contributed by atoms with van der Waals surface area (Å²) in [5.41, 5.74) is 2.58. The molecule has 1 spiro atoms. The number of nitrogens with zero attached hydrogens (tertiary/aromatic N) is 3. The lowest BCUT2D eigenvalue weighted by atomic mass is 9.86. The largest absolute Gasteiger partial charge is 0.488 e. The van der Waals surface area contributed by atoms with Crippen LogP contribution in [0.25, 0.3) is 5.69 Å². The number of benzene rings is 2. The maximum absolute atomic E-state index is 13.2. The van der Waals surface area contributed by atoms with E-state index in [2.05, 4.69) is 11.4 Å². The van der Waals surface area contributed by atoms with Gasteiger partial charge in [0, 0.05) is 44.6 Å². The summed E-state index contributed by atoms with van der Waals surface area (Å²) in [4.78, 5) is 15.0. The Balaban J connectivity index is 1.20. The van der Waals surface area contributed by atoms with Crippen molar-refractivity contribution in [3.63, 3.8) is 0 Å². The van der Waals surface area contributed by atoms with Crippen molar-refractivity contribution in [2.24, 2.45) is 0 Å². The summed E-state index contributed by atoms with van der Waals surface area (Å²) in [6.45, 7) is 2.89. The number of aromatic nitrogens is 1. The first-order chi connectivity index (χ1) is 16.2. The number of hydrogen-bond donors (Lipinski definition) is 1. The number of carbonyl (C=O) groups excluding carboxylic acids is 1. The zero-order valence-corrected chi connectivity index (χ0v) is 18.2. The molecule has 1 aromatic heterocycles. The van der Waals surface area contributed by atoms with Crippen LogP contribution >= 0.6 is 0 Å². The third-order valence-corrected chi connectivity index (χ3v) is 6.88. The Labute approximate surface area is 192 Å². The summed E-state index contributed by atoms with van der Waals surface area (Å²) in [6, 6.07) is 21.4. The molecule has 0 unspecified atom stereocenters. The molecule has 1 amide bonds. The number of hydrogen-bond acceptors (Lipinski definition) is 5. The van der Waals surface area contributed by atoms with E-state index in [9.17, 15) is 10.1 Å². The summed E-state index contributed by atoms with van der Waals surface area (Å²) in [5, 5.41) is 12.8. The number of likely N-dealkylation sites (tertiary alicyclic amines) is 1. The van der Waals surface area contributed by atoms with Gasteiger partial charge in [-0.3, -0.25) is 9.36 Å². The van der Waals surface area contributed by atoms with Crippen LogP contribution in [0.1, 0.15) is 34.6 Å². The molecular weight excluding hydrogens is 416 g/mol. The first-order valence-corrected chi connectivity index (χ1v) is 11.3. The number of fused-ring (bicyclic) bond motifs is 4. The van der Waals surface area contributed by atoms with Gasteiger partial charge in [0.05, 0.1) is 11.4 Å². The van der Waals surface area contributed by atoms with Gasteiger partial charge in [-0.2, -0.15) is 5.26 Å². The highest BCUT2D eigenvalue weighted by Crippen LogP contribution is 2.45. The second kappa shape index (κ2) is 7.68. The predicted octanol–water partition coefficient (Wildman–Crippen LogP) is 3.22. The number of piperidine rings is 1. The van der Waals surface area contributed by atoms with Crippen molar-refractivity contribution in [2.45, 2.75) is 24.5 Å². The predicted molar refractivity (Wildman–Crippen MR) is 122 cm³/mol. The molecule has 6 rings (SSSR count). The molecule has 3 aromatic rings. The van der Waals surface area contributed by atoms with E-state index in [1.807, 2.05) is 70.1 Å². The summed E-state index contributed by atoms with van der Waals surface area (Å²) < 4.78 is 14.4. The van der Waals surface area contributed by atoms with Crippen LogP contribution in [-0.4, -0.2) is 47.7 Å². The van der Waals surface area contributed by atoms with Crippen molar-refractivity contribution in [1.29, 1.82) is 5.26 Å². The molecule has 0 bridgehead atoms. The topological polar surface area (TPSA) is 79.5 Å². The standard InChI is InChI=1S/C26H24N4O3/c27-15-19-7-10-24-26(33-23-4-2-1-3-22(23)30(19)24)11-13-29(14-12-26)25(31)18-5-8-20(9-6-18)32-21-16-28-17-21/h1-10,21,28H,11-14,16-17H2.